The average molecular weight is 353 g/mol. The molecule has 2 fully saturated rings. The summed E-state index contributed by atoms with van der Waals surface area (Å²) in [7, 11) is 0. The normalized spacial score (nSPS) is 28.8. The molecule has 0 aromatic heterocycles. The van der Waals surface area contributed by atoms with Crippen molar-refractivity contribution in [2.45, 2.75) is 32.4 Å². The number of aliphatic hydroxyl groups is 1. The molecule has 2 aliphatic heterocycles. The lowest BCUT2D eigenvalue weighted by atomic mass is 9.69. The molecule has 1 aromatic carbocycles. The smallest absolute Gasteiger partial charge is 0.0849 e. The molecular formula is C19H29ClN2O2. The summed E-state index contributed by atoms with van der Waals surface area (Å²) in [6.45, 7) is 11.1. The molecule has 0 amide bonds. The van der Waals surface area contributed by atoms with Gasteiger partial charge in [0.15, 0.2) is 0 Å². The number of ether oxygens (including phenoxy) is 1. The third-order valence-corrected chi connectivity index (χ3v) is 6.03. The lowest BCUT2D eigenvalue weighted by molar-refractivity contribution is -0.140. The van der Waals surface area contributed by atoms with Crippen LogP contribution in [0.5, 0.6) is 0 Å². The van der Waals surface area contributed by atoms with Gasteiger partial charge in [-0.05, 0) is 18.1 Å². The van der Waals surface area contributed by atoms with E-state index in [9.17, 15) is 5.11 Å². The molecule has 24 heavy (non-hydrogen) atoms. The van der Waals surface area contributed by atoms with E-state index >= 15 is 0 Å². The van der Waals surface area contributed by atoms with Crippen LogP contribution < -0.4 is 0 Å². The zero-order valence-corrected chi connectivity index (χ0v) is 15.6. The number of morpholine rings is 1. The molecule has 5 heteroatoms. The second kappa shape index (κ2) is 7.30. The largest absolute Gasteiger partial charge is 0.388 e. The van der Waals surface area contributed by atoms with Crippen molar-refractivity contribution in [3.05, 3.63) is 34.9 Å². The lowest BCUT2D eigenvalue weighted by Gasteiger charge is -2.52. The monoisotopic (exact) mass is 352 g/mol. The van der Waals surface area contributed by atoms with Gasteiger partial charge in [-0.3, -0.25) is 9.80 Å². The molecule has 1 unspecified atom stereocenters. The number of benzene rings is 1. The fourth-order valence-electron chi connectivity index (χ4n) is 3.89. The topological polar surface area (TPSA) is 35.9 Å². The van der Waals surface area contributed by atoms with Crippen molar-refractivity contribution in [2.24, 2.45) is 5.41 Å². The highest BCUT2D eigenvalue weighted by atomic mass is 35.5. The minimum absolute atomic E-state index is 0.162. The Morgan fingerprint density at radius 3 is 2.50 bits per heavy atom. The van der Waals surface area contributed by atoms with Crippen LogP contribution in [0.3, 0.4) is 0 Å². The second-order valence-corrected chi connectivity index (χ2v) is 8.26. The lowest BCUT2D eigenvalue weighted by Crippen LogP contribution is -2.62. The first kappa shape index (κ1) is 18.2. The van der Waals surface area contributed by atoms with Crippen LogP contribution in [0.2, 0.25) is 5.02 Å². The van der Waals surface area contributed by atoms with Crippen LogP contribution in [0.25, 0.3) is 0 Å². The number of halogens is 1. The first-order chi connectivity index (χ1) is 11.4. The molecule has 0 radical (unpaired) electrons. The minimum atomic E-state index is -0.651. The molecule has 0 aliphatic carbocycles. The van der Waals surface area contributed by atoms with Crippen LogP contribution >= 0.6 is 11.6 Å². The Labute approximate surface area is 150 Å². The molecule has 3 rings (SSSR count). The summed E-state index contributed by atoms with van der Waals surface area (Å²) in [6, 6.07) is 8.03. The molecule has 0 bridgehead atoms. The van der Waals surface area contributed by atoms with Gasteiger partial charge in [0, 0.05) is 49.7 Å². The van der Waals surface area contributed by atoms with Crippen LogP contribution in [0.15, 0.2) is 24.3 Å². The number of likely N-dealkylation sites (tertiary alicyclic amines) is 1. The summed E-state index contributed by atoms with van der Waals surface area (Å²) >= 11 is 6.30. The molecule has 2 saturated heterocycles. The Morgan fingerprint density at radius 2 is 1.83 bits per heavy atom. The number of nitrogens with zero attached hydrogens (tertiary/aromatic N) is 2. The van der Waals surface area contributed by atoms with Crippen LogP contribution in [-0.2, 0) is 11.3 Å². The van der Waals surface area contributed by atoms with E-state index in [0.29, 0.717) is 0 Å². The minimum Gasteiger partial charge on any atom is -0.388 e. The van der Waals surface area contributed by atoms with Crippen LogP contribution in [0, 0.1) is 5.41 Å². The molecule has 0 spiro atoms. The summed E-state index contributed by atoms with van der Waals surface area (Å²) in [5.41, 5.74) is 0.347. The van der Waals surface area contributed by atoms with Gasteiger partial charge in [0.05, 0.1) is 18.8 Å². The molecule has 4 nitrogen and oxygen atoms in total. The standard InChI is InChI=1S/C19H29ClN2O2/c1-18(2)14-22(13-16-5-3-4-6-17(16)20)8-7-19(18,23)15-21-9-11-24-12-10-21/h3-6,23H,7-15H2,1-2H3. The fourth-order valence-corrected chi connectivity index (χ4v) is 4.09. The Hall–Kier alpha value is -0.650. The van der Waals surface area contributed by atoms with E-state index < -0.39 is 5.60 Å². The first-order valence-corrected chi connectivity index (χ1v) is 9.26. The zero-order chi connectivity index (χ0) is 17.2. The maximum Gasteiger partial charge on any atom is 0.0849 e. The van der Waals surface area contributed by atoms with Crippen LogP contribution in [0.1, 0.15) is 25.8 Å². The predicted molar refractivity (Wildman–Crippen MR) is 97.3 cm³/mol. The van der Waals surface area contributed by atoms with E-state index in [1.165, 1.54) is 0 Å². The number of hydrogen-bond donors (Lipinski definition) is 1. The molecule has 1 aromatic rings. The van der Waals surface area contributed by atoms with Crippen molar-refractivity contribution in [3.8, 4) is 0 Å². The highest BCUT2D eigenvalue weighted by Crippen LogP contribution is 2.40. The first-order valence-electron chi connectivity index (χ1n) is 8.88. The van der Waals surface area contributed by atoms with Crippen LogP contribution in [0.4, 0.5) is 0 Å². The Bertz CT molecular complexity index is 560. The summed E-state index contributed by atoms with van der Waals surface area (Å²) in [6.07, 6.45) is 0.793. The van der Waals surface area contributed by atoms with Crippen molar-refractivity contribution < 1.29 is 9.84 Å². The van der Waals surface area contributed by atoms with E-state index in [0.717, 1.165) is 69.5 Å². The molecule has 2 aliphatic rings. The summed E-state index contributed by atoms with van der Waals surface area (Å²) in [5.74, 6) is 0. The summed E-state index contributed by atoms with van der Waals surface area (Å²) in [5, 5.41) is 12.2. The third-order valence-electron chi connectivity index (χ3n) is 5.66. The number of piperidine rings is 1. The van der Waals surface area contributed by atoms with Gasteiger partial charge in [-0.15, -0.1) is 0 Å². The van der Waals surface area contributed by atoms with Crippen LogP contribution in [-0.4, -0.2) is 66.4 Å². The van der Waals surface area contributed by atoms with E-state index in [1.54, 1.807) is 0 Å². The van der Waals surface area contributed by atoms with Crippen molar-refractivity contribution in [1.82, 2.24) is 9.80 Å². The molecule has 1 atom stereocenters. The Kier molecular flexibility index (Phi) is 5.52. The predicted octanol–water partition coefficient (Wildman–Crippen LogP) is 2.64. The highest BCUT2D eigenvalue weighted by molar-refractivity contribution is 6.31. The van der Waals surface area contributed by atoms with E-state index in [2.05, 4.69) is 29.7 Å². The Balaban J connectivity index is 1.64. The van der Waals surface area contributed by atoms with Crippen molar-refractivity contribution >= 4 is 11.6 Å². The maximum absolute atomic E-state index is 11.4. The van der Waals surface area contributed by atoms with Gasteiger partial charge < -0.3 is 9.84 Å². The van der Waals surface area contributed by atoms with Crippen molar-refractivity contribution in [2.75, 3.05) is 45.9 Å². The summed E-state index contributed by atoms with van der Waals surface area (Å²) < 4.78 is 5.42. The van der Waals surface area contributed by atoms with Gasteiger partial charge >= 0.3 is 0 Å². The van der Waals surface area contributed by atoms with E-state index in [1.807, 2.05) is 18.2 Å². The zero-order valence-electron chi connectivity index (χ0n) is 14.8. The second-order valence-electron chi connectivity index (χ2n) is 7.86. The molecule has 134 valence electrons. The van der Waals surface area contributed by atoms with Gasteiger partial charge in [0.1, 0.15) is 0 Å². The number of hydrogen-bond acceptors (Lipinski definition) is 4. The summed E-state index contributed by atoms with van der Waals surface area (Å²) in [4.78, 5) is 4.75. The third kappa shape index (κ3) is 3.94. The maximum atomic E-state index is 11.4. The van der Waals surface area contributed by atoms with E-state index in [4.69, 9.17) is 16.3 Å². The average Bonchev–Trinajstić information content (AvgIpc) is 2.54. The molecule has 1 N–H and O–H groups in total. The molecule has 0 saturated carbocycles. The highest BCUT2D eigenvalue weighted by Gasteiger charge is 2.48. The van der Waals surface area contributed by atoms with Gasteiger partial charge in [0.2, 0.25) is 0 Å². The quantitative estimate of drug-likeness (QED) is 0.903. The van der Waals surface area contributed by atoms with Crippen molar-refractivity contribution in [1.29, 1.82) is 0 Å². The van der Waals surface area contributed by atoms with Gasteiger partial charge in [-0.2, -0.15) is 0 Å². The van der Waals surface area contributed by atoms with E-state index in [-0.39, 0.29) is 5.41 Å². The Morgan fingerprint density at radius 1 is 1.12 bits per heavy atom. The van der Waals surface area contributed by atoms with Gasteiger partial charge in [-0.1, -0.05) is 43.6 Å². The fraction of sp³-hybridized carbons (Fsp3) is 0.684. The van der Waals surface area contributed by atoms with Crippen molar-refractivity contribution in [3.63, 3.8) is 0 Å². The van der Waals surface area contributed by atoms with Gasteiger partial charge in [0.25, 0.3) is 0 Å². The molecular weight excluding hydrogens is 324 g/mol. The number of β-amino-alcohol motifs (C(OH)–C–C–N with tert-alkyl or cyclic N) is 1. The molecule has 2 heterocycles. The number of rotatable bonds is 4. The SMILES string of the molecule is CC1(C)CN(Cc2ccccc2Cl)CCC1(O)CN1CCOCC1. The van der Waals surface area contributed by atoms with Gasteiger partial charge in [-0.25, -0.2) is 0 Å².